The van der Waals surface area contributed by atoms with Gasteiger partial charge in [0.15, 0.2) is 0 Å². The smallest absolute Gasteiger partial charge is 0.131 e. The first-order valence-corrected chi connectivity index (χ1v) is 6.68. The summed E-state index contributed by atoms with van der Waals surface area (Å²) < 4.78 is 0. The van der Waals surface area contributed by atoms with Gasteiger partial charge in [0.2, 0.25) is 0 Å². The predicted octanol–water partition coefficient (Wildman–Crippen LogP) is 3.14. The Kier molecular flexibility index (Phi) is 3.06. The number of nitrogens with two attached hydrogens (primary N) is 1. The van der Waals surface area contributed by atoms with E-state index in [0.717, 1.165) is 40.1 Å². The third-order valence-electron chi connectivity index (χ3n) is 3.39. The lowest BCUT2D eigenvalue weighted by atomic mass is 10.1. The Labute approximate surface area is 117 Å². The second kappa shape index (κ2) is 4.89. The summed E-state index contributed by atoms with van der Waals surface area (Å²) in [4.78, 5) is 13.5. The van der Waals surface area contributed by atoms with E-state index in [1.54, 1.807) is 0 Å². The van der Waals surface area contributed by atoms with Crippen LogP contribution in [0.2, 0.25) is 0 Å². The summed E-state index contributed by atoms with van der Waals surface area (Å²) in [5.41, 5.74) is 9.46. The Hall–Kier alpha value is -2.49. The van der Waals surface area contributed by atoms with Crippen molar-refractivity contribution in [1.82, 2.24) is 15.0 Å². The zero-order chi connectivity index (χ0) is 14.1. The van der Waals surface area contributed by atoms with Gasteiger partial charge >= 0.3 is 0 Å². The molecule has 2 heterocycles. The zero-order valence-corrected chi connectivity index (χ0v) is 11.6. The lowest BCUT2D eigenvalue weighted by Crippen LogP contribution is -2.04. The standard InChI is InChI=1S/C16H16N4/c1-3-14-19-15(10(2)16(17)20-14)13-9-8-11-6-4-5-7-12(11)18-13/h4-9H,3H2,1-2H3,(H2,17,19,20). The van der Waals surface area contributed by atoms with E-state index in [1.807, 2.05) is 44.2 Å². The third kappa shape index (κ3) is 2.09. The predicted molar refractivity (Wildman–Crippen MR) is 81.3 cm³/mol. The molecule has 1 aromatic carbocycles. The van der Waals surface area contributed by atoms with Crippen LogP contribution in [0.15, 0.2) is 36.4 Å². The molecule has 0 atom stereocenters. The van der Waals surface area contributed by atoms with E-state index in [1.165, 1.54) is 0 Å². The van der Waals surface area contributed by atoms with E-state index in [9.17, 15) is 0 Å². The van der Waals surface area contributed by atoms with Gasteiger partial charge in [-0.3, -0.25) is 0 Å². The number of benzene rings is 1. The molecule has 4 nitrogen and oxygen atoms in total. The molecule has 0 aliphatic carbocycles. The van der Waals surface area contributed by atoms with Crippen LogP contribution in [0, 0.1) is 6.92 Å². The quantitative estimate of drug-likeness (QED) is 0.772. The number of hydrogen-bond acceptors (Lipinski definition) is 4. The Bertz CT molecular complexity index is 781. The molecule has 2 aromatic heterocycles. The van der Waals surface area contributed by atoms with Gasteiger partial charge < -0.3 is 5.73 Å². The highest BCUT2D eigenvalue weighted by Gasteiger charge is 2.11. The lowest BCUT2D eigenvalue weighted by molar-refractivity contribution is 0.938. The maximum atomic E-state index is 5.97. The first kappa shape index (κ1) is 12.5. The molecule has 100 valence electrons. The monoisotopic (exact) mass is 264 g/mol. The van der Waals surface area contributed by atoms with E-state index in [0.29, 0.717) is 5.82 Å². The second-order valence-corrected chi connectivity index (χ2v) is 4.74. The molecule has 0 aliphatic heterocycles. The number of hydrogen-bond donors (Lipinski definition) is 1. The average molecular weight is 264 g/mol. The van der Waals surface area contributed by atoms with Crippen molar-refractivity contribution in [2.75, 3.05) is 5.73 Å². The first-order valence-electron chi connectivity index (χ1n) is 6.68. The van der Waals surface area contributed by atoms with Crippen LogP contribution in [-0.2, 0) is 6.42 Å². The van der Waals surface area contributed by atoms with Crippen molar-refractivity contribution in [1.29, 1.82) is 0 Å². The molecule has 0 spiro atoms. The van der Waals surface area contributed by atoms with E-state index in [-0.39, 0.29) is 0 Å². The number of nitrogen functional groups attached to an aromatic ring is 1. The van der Waals surface area contributed by atoms with Gasteiger partial charge in [0.05, 0.1) is 16.9 Å². The summed E-state index contributed by atoms with van der Waals surface area (Å²) in [6, 6.07) is 12.1. The highest BCUT2D eigenvalue weighted by molar-refractivity contribution is 5.81. The molecule has 0 bridgehead atoms. The van der Waals surface area contributed by atoms with Gasteiger partial charge in [-0.2, -0.15) is 0 Å². The van der Waals surface area contributed by atoms with E-state index in [4.69, 9.17) is 5.73 Å². The second-order valence-electron chi connectivity index (χ2n) is 4.74. The molecule has 0 saturated carbocycles. The number of aryl methyl sites for hydroxylation is 1. The minimum Gasteiger partial charge on any atom is -0.383 e. The van der Waals surface area contributed by atoms with E-state index in [2.05, 4.69) is 21.0 Å². The van der Waals surface area contributed by atoms with Crippen molar-refractivity contribution >= 4 is 16.7 Å². The summed E-state index contributed by atoms with van der Waals surface area (Å²) in [7, 11) is 0. The SMILES string of the molecule is CCc1nc(N)c(C)c(-c2ccc3ccccc3n2)n1. The van der Waals surface area contributed by atoms with Crippen molar-refractivity contribution in [3.63, 3.8) is 0 Å². The summed E-state index contributed by atoms with van der Waals surface area (Å²) in [5.74, 6) is 1.28. The van der Waals surface area contributed by atoms with Crippen molar-refractivity contribution in [3.8, 4) is 11.4 Å². The Morgan fingerprint density at radius 3 is 2.60 bits per heavy atom. The van der Waals surface area contributed by atoms with Gasteiger partial charge in [-0.15, -0.1) is 0 Å². The number of rotatable bonds is 2. The molecule has 0 radical (unpaired) electrons. The summed E-state index contributed by atoms with van der Waals surface area (Å²) in [5, 5.41) is 1.12. The fraction of sp³-hybridized carbons (Fsp3) is 0.188. The summed E-state index contributed by atoms with van der Waals surface area (Å²) in [6.07, 6.45) is 0.755. The van der Waals surface area contributed by atoms with Crippen molar-refractivity contribution in [3.05, 3.63) is 47.8 Å². The van der Waals surface area contributed by atoms with Crippen LogP contribution in [0.1, 0.15) is 18.3 Å². The highest BCUT2D eigenvalue weighted by Crippen LogP contribution is 2.25. The number of anilines is 1. The largest absolute Gasteiger partial charge is 0.383 e. The molecule has 3 rings (SSSR count). The Morgan fingerprint density at radius 1 is 1.00 bits per heavy atom. The van der Waals surface area contributed by atoms with Crippen LogP contribution in [0.4, 0.5) is 5.82 Å². The number of pyridine rings is 1. The van der Waals surface area contributed by atoms with Crippen LogP contribution < -0.4 is 5.73 Å². The molecule has 0 saturated heterocycles. The molecule has 0 fully saturated rings. The molecule has 0 aliphatic rings. The highest BCUT2D eigenvalue weighted by atomic mass is 15.0. The molecule has 3 aromatic rings. The van der Waals surface area contributed by atoms with Crippen LogP contribution in [0.25, 0.3) is 22.3 Å². The lowest BCUT2D eigenvalue weighted by Gasteiger charge is -2.09. The van der Waals surface area contributed by atoms with E-state index >= 15 is 0 Å². The molecule has 2 N–H and O–H groups in total. The zero-order valence-electron chi connectivity index (χ0n) is 11.6. The minimum absolute atomic E-state index is 0.529. The van der Waals surface area contributed by atoms with Crippen LogP contribution in [0.5, 0.6) is 0 Å². The molecule has 0 unspecified atom stereocenters. The van der Waals surface area contributed by atoms with Crippen LogP contribution in [-0.4, -0.2) is 15.0 Å². The van der Waals surface area contributed by atoms with Gasteiger partial charge in [0, 0.05) is 17.4 Å². The fourth-order valence-electron chi connectivity index (χ4n) is 2.19. The van der Waals surface area contributed by atoms with Gasteiger partial charge in [-0.1, -0.05) is 31.2 Å². The van der Waals surface area contributed by atoms with E-state index < -0.39 is 0 Å². The maximum absolute atomic E-state index is 5.97. The van der Waals surface area contributed by atoms with Gasteiger partial charge in [-0.05, 0) is 19.1 Å². The number of para-hydroxylation sites is 1. The van der Waals surface area contributed by atoms with Crippen LogP contribution >= 0.6 is 0 Å². The minimum atomic E-state index is 0.529. The maximum Gasteiger partial charge on any atom is 0.131 e. The molecule has 0 amide bonds. The Morgan fingerprint density at radius 2 is 1.80 bits per heavy atom. The topological polar surface area (TPSA) is 64.7 Å². The molecular weight excluding hydrogens is 248 g/mol. The van der Waals surface area contributed by atoms with Crippen molar-refractivity contribution in [2.24, 2.45) is 0 Å². The molecule has 4 heteroatoms. The average Bonchev–Trinajstić information content (AvgIpc) is 2.49. The fourth-order valence-corrected chi connectivity index (χ4v) is 2.19. The summed E-state index contributed by atoms with van der Waals surface area (Å²) in [6.45, 7) is 3.95. The van der Waals surface area contributed by atoms with Gasteiger partial charge in [0.1, 0.15) is 11.6 Å². The third-order valence-corrected chi connectivity index (χ3v) is 3.39. The van der Waals surface area contributed by atoms with Gasteiger partial charge in [-0.25, -0.2) is 15.0 Å². The first-order chi connectivity index (χ1) is 9.69. The number of aromatic nitrogens is 3. The van der Waals surface area contributed by atoms with Crippen molar-refractivity contribution < 1.29 is 0 Å². The summed E-state index contributed by atoms with van der Waals surface area (Å²) >= 11 is 0. The van der Waals surface area contributed by atoms with Gasteiger partial charge in [0.25, 0.3) is 0 Å². The Balaban J connectivity index is 2.22. The number of nitrogens with zero attached hydrogens (tertiary/aromatic N) is 3. The molecular formula is C16H16N4. The molecule has 20 heavy (non-hydrogen) atoms. The van der Waals surface area contributed by atoms with Crippen LogP contribution in [0.3, 0.4) is 0 Å². The normalized spacial score (nSPS) is 10.9. The van der Waals surface area contributed by atoms with Crippen molar-refractivity contribution in [2.45, 2.75) is 20.3 Å². The number of fused-ring (bicyclic) bond motifs is 1.